The monoisotopic (exact) mass is 265 g/mol. The van der Waals surface area contributed by atoms with Crippen molar-refractivity contribution in [1.29, 1.82) is 0 Å². The minimum atomic E-state index is -0.519. The van der Waals surface area contributed by atoms with E-state index in [0.29, 0.717) is 6.54 Å². The lowest BCUT2D eigenvalue weighted by molar-refractivity contribution is 0.138. The van der Waals surface area contributed by atoms with Crippen molar-refractivity contribution >= 4 is 0 Å². The summed E-state index contributed by atoms with van der Waals surface area (Å²) in [6, 6.07) is 19.5. The maximum Gasteiger partial charge on any atom is 0.0940 e. The van der Waals surface area contributed by atoms with Crippen LogP contribution in [0.15, 0.2) is 60.7 Å². The first-order valence-electron chi connectivity index (χ1n) is 6.77. The quantitative estimate of drug-likeness (QED) is 0.833. The molecule has 2 heteroatoms. The third kappa shape index (κ3) is 4.24. The van der Waals surface area contributed by atoms with Crippen molar-refractivity contribution in [3.63, 3.8) is 0 Å². The first-order valence-corrected chi connectivity index (χ1v) is 6.77. The van der Waals surface area contributed by atoms with Gasteiger partial charge >= 0.3 is 0 Å². The van der Waals surface area contributed by atoms with Gasteiger partial charge in [0.15, 0.2) is 0 Å². The highest BCUT2D eigenvalue weighted by Crippen LogP contribution is 2.15. The molecule has 0 amide bonds. The fourth-order valence-electron chi connectivity index (χ4n) is 1.93. The van der Waals surface area contributed by atoms with Gasteiger partial charge < -0.3 is 10.4 Å². The van der Waals surface area contributed by atoms with Crippen LogP contribution in [0.1, 0.15) is 24.2 Å². The molecule has 0 heterocycles. The lowest BCUT2D eigenvalue weighted by atomic mass is 10.0. The van der Waals surface area contributed by atoms with Crippen LogP contribution >= 0.6 is 0 Å². The van der Waals surface area contributed by atoms with Crippen molar-refractivity contribution in [2.75, 3.05) is 6.54 Å². The van der Waals surface area contributed by atoms with Crippen molar-refractivity contribution < 1.29 is 5.11 Å². The number of benzene rings is 2. The zero-order valence-corrected chi connectivity index (χ0v) is 11.6. The first-order chi connectivity index (χ1) is 9.77. The van der Waals surface area contributed by atoms with Crippen LogP contribution in [-0.2, 0) is 0 Å². The molecule has 2 rings (SSSR count). The van der Waals surface area contributed by atoms with Gasteiger partial charge in [-0.25, -0.2) is 0 Å². The molecule has 2 aromatic rings. The van der Waals surface area contributed by atoms with Crippen molar-refractivity contribution in [3.8, 4) is 11.8 Å². The second-order valence-corrected chi connectivity index (χ2v) is 4.69. The molecule has 2 aromatic carbocycles. The zero-order valence-electron chi connectivity index (χ0n) is 11.6. The predicted octanol–water partition coefficient (Wildman–Crippen LogP) is 2.75. The third-order valence-corrected chi connectivity index (χ3v) is 3.13. The van der Waals surface area contributed by atoms with Gasteiger partial charge in [-0.05, 0) is 24.6 Å². The molecule has 0 aromatic heterocycles. The molecule has 0 saturated heterocycles. The van der Waals surface area contributed by atoms with E-state index in [1.54, 1.807) is 0 Å². The van der Waals surface area contributed by atoms with Crippen LogP contribution in [0, 0.1) is 11.8 Å². The summed E-state index contributed by atoms with van der Waals surface area (Å²) in [5.74, 6) is 6.15. The lowest BCUT2D eigenvalue weighted by Crippen LogP contribution is -2.32. The Kier molecular flexibility index (Phi) is 5.37. The van der Waals surface area contributed by atoms with E-state index in [9.17, 15) is 5.11 Å². The molecule has 2 N–H and O–H groups in total. The predicted molar refractivity (Wildman–Crippen MR) is 82.2 cm³/mol. The summed E-state index contributed by atoms with van der Waals surface area (Å²) in [7, 11) is 0. The summed E-state index contributed by atoms with van der Waals surface area (Å²) in [6.45, 7) is 2.52. The highest BCUT2D eigenvalue weighted by atomic mass is 16.3. The second kappa shape index (κ2) is 7.49. The second-order valence-electron chi connectivity index (χ2n) is 4.69. The standard InChI is InChI=1S/C18H19NO/c1-15(18(20)17-12-6-3-7-13-17)19-14-8-11-16-9-4-2-5-10-16/h2-7,9-10,12-13,15,18-20H,14H2,1H3/t15-,18-/m1/s1. The minimum absolute atomic E-state index is 0.0394. The summed E-state index contributed by atoms with van der Waals surface area (Å²) in [5, 5.41) is 13.4. The van der Waals surface area contributed by atoms with E-state index in [1.807, 2.05) is 67.6 Å². The molecule has 0 fully saturated rings. The smallest absolute Gasteiger partial charge is 0.0940 e. The molecular weight excluding hydrogens is 246 g/mol. The maximum absolute atomic E-state index is 10.2. The van der Waals surface area contributed by atoms with Crippen LogP contribution in [0.2, 0.25) is 0 Å². The van der Waals surface area contributed by atoms with Crippen LogP contribution in [0.3, 0.4) is 0 Å². The van der Waals surface area contributed by atoms with Crippen molar-refractivity contribution in [2.45, 2.75) is 19.1 Å². The molecule has 102 valence electrons. The molecule has 20 heavy (non-hydrogen) atoms. The number of hydrogen-bond acceptors (Lipinski definition) is 2. The Hall–Kier alpha value is -2.08. The van der Waals surface area contributed by atoms with E-state index in [4.69, 9.17) is 0 Å². The van der Waals surface area contributed by atoms with E-state index < -0.39 is 6.10 Å². The van der Waals surface area contributed by atoms with Crippen LogP contribution in [0.4, 0.5) is 0 Å². The largest absolute Gasteiger partial charge is 0.387 e. The summed E-state index contributed by atoms with van der Waals surface area (Å²) < 4.78 is 0. The van der Waals surface area contributed by atoms with Crippen molar-refractivity contribution in [2.24, 2.45) is 0 Å². The van der Waals surface area contributed by atoms with E-state index in [0.717, 1.165) is 11.1 Å². The number of aliphatic hydroxyl groups excluding tert-OH is 1. The van der Waals surface area contributed by atoms with Gasteiger partial charge in [-0.1, -0.05) is 60.4 Å². The molecule has 0 aliphatic carbocycles. The Balaban J connectivity index is 1.84. The zero-order chi connectivity index (χ0) is 14.2. The highest BCUT2D eigenvalue weighted by Gasteiger charge is 2.14. The van der Waals surface area contributed by atoms with Gasteiger partial charge in [0.25, 0.3) is 0 Å². The van der Waals surface area contributed by atoms with Gasteiger partial charge in [-0.2, -0.15) is 0 Å². The van der Waals surface area contributed by atoms with Gasteiger partial charge in [-0.3, -0.25) is 0 Å². The van der Waals surface area contributed by atoms with Gasteiger partial charge in [0, 0.05) is 11.6 Å². The molecule has 0 aliphatic rings. The molecule has 0 spiro atoms. The van der Waals surface area contributed by atoms with E-state index in [2.05, 4.69) is 17.2 Å². The Morgan fingerprint density at radius 3 is 2.25 bits per heavy atom. The molecule has 0 saturated carbocycles. The number of nitrogens with one attached hydrogen (secondary N) is 1. The van der Waals surface area contributed by atoms with Gasteiger partial charge in [0.05, 0.1) is 12.6 Å². The van der Waals surface area contributed by atoms with Crippen LogP contribution < -0.4 is 5.32 Å². The van der Waals surface area contributed by atoms with E-state index in [-0.39, 0.29) is 6.04 Å². The van der Waals surface area contributed by atoms with Gasteiger partial charge in [-0.15, -0.1) is 0 Å². The lowest BCUT2D eigenvalue weighted by Gasteiger charge is -2.19. The van der Waals surface area contributed by atoms with Crippen molar-refractivity contribution in [3.05, 3.63) is 71.8 Å². The topological polar surface area (TPSA) is 32.3 Å². The Morgan fingerprint density at radius 1 is 1.00 bits per heavy atom. The van der Waals surface area contributed by atoms with Gasteiger partial charge in [0.1, 0.15) is 0 Å². The Bertz CT molecular complexity index is 569. The molecule has 0 bridgehead atoms. The maximum atomic E-state index is 10.2. The SMILES string of the molecule is C[C@@H](NCC#Cc1ccccc1)[C@@H](O)c1ccccc1. The molecule has 0 unspecified atom stereocenters. The summed E-state index contributed by atoms with van der Waals surface area (Å²) >= 11 is 0. The molecule has 0 aliphatic heterocycles. The Morgan fingerprint density at radius 2 is 1.60 bits per heavy atom. The molecular formula is C18H19NO. The van der Waals surface area contributed by atoms with E-state index >= 15 is 0 Å². The number of rotatable bonds is 4. The fourth-order valence-corrected chi connectivity index (χ4v) is 1.93. The number of hydrogen-bond donors (Lipinski definition) is 2. The molecule has 0 radical (unpaired) electrons. The molecule has 2 atom stereocenters. The minimum Gasteiger partial charge on any atom is -0.387 e. The summed E-state index contributed by atoms with van der Waals surface area (Å²) in [4.78, 5) is 0. The average Bonchev–Trinajstić information content (AvgIpc) is 2.52. The van der Waals surface area contributed by atoms with Crippen LogP contribution in [0.25, 0.3) is 0 Å². The van der Waals surface area contributed by atoms with Crippen molar-refractivity contribution in [1.82, 2.24) is 5.32 Å². The third-order valence-electron chi connectivity index (χ3n) is 3.13. The summed E-state index contributed by atoms with van der Waals surface area (Å²) in [5.41, 5.74) is 1.93. The van der Waals surface area contributed by atoms with E-state index in [1.165, 1.54) is 0 Å². The van der Waals surface area contributed by atoms with Crippen LogP contribution in [0.5, 0.6) is 0 Å². The van der Waals surface area contributed by atoms with Gasteiger partial charge in [0.2, 0.25) is 0 Å². The average molecular weight is 265 g/mol. The fraction of sp³-hybridized carbons (Fsp3) is 0.222. The normalized spacial score (nSPS) is 13.1. The number of aliphatic hydroxyl groups is 1. The summed E-state index contributed by atoms with van der Waals surface area (Å²) in [6.07, 6.45) is -0.519. The van der Waals surface area contributed by atoms with Crippen LogP contribution in [-0.4, -0.2) is 17.7 Å². The Labute approximate surface area is 120 Å². The highest BCUT2D eigenvalue weighted by molar-refractivity contribution is 5.33. The molecule has 2 nitrogen and oxygen atoms in total. The first kappa shape index (κ1) is 14.3.